The van der Waals surface area contributed by atoms with Crippen LogP contribution in [-0.4, -0.2) is 10.5 Å². The topological polar surface area (TPSA) is 40.9 Å². The van der Waals surface area contributed by atoms with Gasteiger partial charge in [-0.1, -0.05) is 91.0 Å². The first kappa shape index (κ1) is 18.6. The Morgan fingerprint density at radius 1 is 0.567 bits per heavy atom. The highest BCUT2D eigenvalue weighted by Gasteiger charge is 2.18. The van der Waals surface area contributed by atoms with Crippen molar-refractivity contribution in [3.63, 3.8) is 0 Å². The van der Waals surface area contributed by atoms with Gasteiger partial charge < -0.3 is 0 Å². The summed E-state index contributed by atoms with van der Waals surface area (Å²) in [5.41, 5.74) is 3.67. The zero-order valence-corrected chi connectivity index (χ0v) is 17.4. The average molecular weight is 408 g/mol. The number of nitrogens with one attached hydrogen (secondary N) is 1. The smallest absolute Gasteiger partial charge is 0.0709 e. The van der Waals surface area contributed by atoms with Crippen LogP contribution in [0.5, 0.6) is 0 Å². The lowest BCUT2D eigenvalue weighted by molar-refractivity contribution is 0.679. The van der Waals surface area contributed by atoms with Crippen LogP contribution in [0.25, 0.3) is 43.8 Å². The fraction of sp³-hybridized carbons (Fsp3) is 0.0370. The summed E-state index contributed by atoms with van der Waals surface area (Å²) in [6.07, 6.45) is 1.51. The van der Waals surface area contributed by atoms with E-state index in [-0.39, 0.29) is 0 Å². The molecule has 5 aromatic rings. The van der Waals surface area contributed by atoms with Crippen molar-refractivity contribution in [2.75, 3.05) is 6.26 Å². The Hall–Kier alpha value is -3.43. The van der Waals surface area contributed by atoms with Gasteiger partial charge in [0.05, 0.1) is 14.6 Å². The molecular weight excluding hydrogens is 386 g/mol. The third kappa shape index (κ3) is 3.27. The fourth-order valence-corrected chi connectivity index (χ4v) is 5.34. The predicted molar refractivity (Wildman–Crippen MR) is 127 cm³/mol. The molecule has 146 valence electrons. The molecule has 0 bridgehead atoms. The second kappa shape index (κ2) is 7.12. The van der Waals surface area contributed by atoms with Crippen molar-refractivity contribution in [2.45, 2.75) is 4.90 Å². The zero-order valence-electron chi connectivity index (χ0n) is 16.6. The maximum Gasteiger partial charge on any atom is 0.0709 e. The minimum atomic E-state index is -2.97. The molecule has 0 heterocycles. The quantitative estimate of drug-likeness (QED) is 0.333. The first-order chi connectivity index (χ1) is 14.5. The van der Waals surface area contributed by atoms with Crippen molar-refractivity contribution in [1.82, 2.24) is 0 Å². The Balaban J connectivity index is 1.78. The molecule has 0 amide bonds. The molecule has 5 rings (SSSR count). The second-order valence-corrected chi connectivity index (χ2v) is 9.75. The molecule has 0 radical (unpaired) electrons. The van der Waals surface area contributed by atoms with Crippen LogP contribution in [0.15, 0.2) is 108 Å². The van der Waals surface area contributed by atoms with E-state index in [1.165, 1.54) is 6.26 Å². The minimum Gasteiger partial charge on any atom is -0.249 e. The molecule has 0 spiro atoms. The molecule has 0 aliphatic rings. The van der Waals surface area contributed by atoms with Crippen molar-refractivity contribution in [2.24, 2.45) is 0 Å². The van der Waals surface area contributed by atoms with E-state index in [0.29, 0.717) is 4.90 Å². The van der Waals surface area contributed by atoms with Crippen LogP contribution >= 0.6 is 0 Å². The Morgan fingerprint density at radius 3 is 1.43 bits per heavy atom. The standard InChI is InChI=1S/C27H21NOS/c1-30(28,29)27-25(23-15-13-19-7-2-4-9-21(19)17-23)11-6-12-26(27)24-16-14-20-8-3-5-10-22(20)18-24/h2-18,28H,1H3. The number of rotatable bonds is 3. The molecule has 1 unspecified atom stereocenters. The molecule has 2 nitrogen and oxygen atoms in total. The van der Waals surface area contributed by atoms with Crippen LogP contribution in [-0.2, 0) is 9.73 Å². The van der Waals surface area contributed by atoms with Gasteiger partial charge in [-0.3, -0.25) is 0 Å². The van der Waals surface area contributed by atoms with E-state index < -0.39 is 9.73 Å². The highest BCUT2D eigenvalue weighted by atomic mass is 32.2. The summed E-state index contributed by atoms with van der Waals surface area (Å²) >= 11 is 0. The van der Waals surface area contributed by atoms with Gasteiger partial charge in [0.15, 0.2) is 0 Å². The molecule has 0 aliphatic carbocycles. The van der Waals surface area contributed by atoms with Crippen LogP contribution < -0.4 is 0 Å². The van der Waals surface area contributed by atoms with E-state index in [1.54, 1.807) is 0 Å². The molecule has 1 atom stereocenters. The van der Waals surface area contributed by atoms with Crippen LogP contribution in [0.3, 0.4) is 0 Å². The number of hydrogen-bond donors (Lipinski definition) is 1. The van der Waals surface area contributed by atoms with E-state index in [4.69, 9.17) is 4.78 Å². The summed E-state index contributed by atoms with van der Waals surface area (Å²) < 4.78 is 21.7. The lowest BCUT2D eigenvalue weighted by Gasteiger charge is -2.16. The molecule has 0 fully saturated rings. The maximum absolute atomic E-state index is 13.2. The minimum absolute atomic E-state index is 0.593. The molecule has 5 aromatic carbocycles. The average Bonchev–Trinajstić information content (AvgIpc) is 2.77. The lowest BCUT2D eigenvalue weighted by atomic mass is 9.96. The van der Waals surface area contributed by atoms with Gasteiger partial charge >= 0.3 is 0 Å². The first-order valence-corrected chi connectivity index (χ1v) is 11.8. The molecule has 3 heteroatoms. The Bertz CT molecular complexity index is 1420. The summed E-state index contributed by atoms with van der Waals surface area (Å²) in [7, 11) is -2.97. The Kier molecular flexibility index (Phi) is 4.41. The molecule has 0 aromatic heterocycles. The van der Waals surface area contributed by atoms with Crippen molar-refractivity contribution in [3.05, 3.63) is 103 Å². The third-order valence-corrected chi connectivity index (χ3v) is 6.74. The van der Waals surface area contributed by atoms with Crippen LogP contribution in [0.4, 0.5) is 0 Å². The maximum atomic E-state index is 13.2. The molecule has 0 saturated carbocycles. The van der Waals surface area contributed by atoms with Gasteiger partial charge in [0.2, 0.25) is 0 Å². The number of hydrogen-bond acceptors (Lipinski definition) is 2. The fourth-order valence-electron chi connectivity index (χ4n) is 4.13. The second-order valence-electron chi connectivity index (χ2n) is 7.65. The largest absolute Gasteiger partial charge is 0.249 e. The van der Waals surface area contributed by atoms with Gasteiger partial charge in [0.25, 0.3) is 0 Å². The van der Waals surface area contributed by atoms with E-state index in [1.807, 2.05) is 42.5 Å². The van der Waals surface area contributed by atoms with Crippen molar-refractivity contribution in [1.29, 1.82) is 4.78 Å². The van der Waals surface area contributed by atoms with E-state index in [2.05, 4.69) is 60.7 Å². The van der Waals surface area contributed by atoms with Crippen molar-refractivity contribution < 1.29 is 4.21 Å². The van der Waals surface area contributed by atoms with Gasteiger partial charge in [-0.2, -0.15) is 0 Å². The monoisotopic (exact) mass is 407 g/mol. The van der Waals surface area contributed by atoms with Gasteiger partial charge in [0, 0.05) is 6.26 Å². The van der Waals surface area contributed by atoms with E-state index in [9.17, 15) is 4.21 Å². The van der Waals surface area contributed by atoms with E-state index in [0.717, 1.165) is 43.8 Å². The van der Waals surface area contributed by atoms with Gasteiger partial charge in [-0.25, -0.2) is 8.99 Å². The summed E-state index contributed by atoms with van der Waals surface area (Å²) in [5.74, 6) is 0. The number of benzene rings is 5. The predicted octanol–water partition coefficient (Wildman–Crippen LogP) is 7.36. The molecule has 0 saturated heterocycles. The van der Waals surface area contributed by atoms with Crippen LogP contribution in [0.1, 0.15) is 0 Å². The van der Waals surface area contributed by atoms with Crippen molar-refractivity contribution in [3.8, 4) is 22.3 Å². The van der Waals surface area contributed by atoms with Gasteiger partial charge in [-0.15, -0.1) is 0 Å². The summed E-state index contributed by atoms with van der Waals surface area (Å²) in [4.78, 5) is 0.593. The summed E-state index contributed by atoms with van der Waals surface area (Å²) in [5, 5.41) is 4.59. The molecule has 1 N–H and O–H groups in total. The molecular formula is C27H21NOS. The highest BCUT2D eigenvalue weighted by Crippen LogP contribution is 2.38. The Labute approximate surface area is 176 Å². The SMILES string of the molecule is CS(=N)(=O)c1c(-c2ccc3ccccc3c2)cccc1-c1ccc2ccccc2c1. The molecule has 0 aliphatic heterocycles. The van der Waals surface area contributed by atoms with Gasteiger partial charge in [-0.05, 0) is 55.9 Å². The summed E-state index contributed by atoms with van der Waals surface area (Å²) in [6.45, 7) is 0. The first-order valence-electron chi connectivity index (χ1n) is 9.86. The van der Waals surface area contributed by atoms with Crippen LogP contribution in [0, 0.1) is 4.78 Å². The van der Waals surface area contributed by atoms with Crippen molar-refractivity contribution >= 4 is 31.3 Å². The zero-order chi connectivity index (χ0) is 20.7. The van der Waals surface area contributed by atoms with E-state index >= 15 is 0 Å². The summed E-state index contributed by atoms with van der Waals surface area (Å²) in [6, 6.07) is 34.8. The third-order valence-electron chi connectivity index (χ3n) is 5.53. The van der Waals surface area contributed by atoms with Crippen LogP contribution in [0.2, 0.25) is 0 Å². The lowest BCUT2D eigenvalue weighted by Crippen LogP contribution is -2.01. The molecule has 30 heavy (non-hydrogen) atoms. The Morgan fingerprint density at radius 2 is 1.00 bits per heavy atom. The highest BCUT2D eigenvalue weighted by molar-refractivity contribution is 7.92. The van der Waals surface area contributed by atoms with Gasteiger partial charge in [0.1, 0.15) is 0 Å². The normalized spacial score (nSPS) is 13.4. The number of fused-ring (bicyclic) bond motifs is 2.